The summed E-state index contributed by atoms with van der Waals surface area (Å²) in [4.78, 5) is 11.3. The fourth-order valence-corrected chi connectivity index (χ4v) is 3.73. The molecule has 2 rings (SSSR count). The first-order valence-electron chi connectivity index (χ1n) is 5.52. The molecule has 0 spiro atoms. The van der Waals surface area contributed by atoms with Crippen LogP contribution in [0.3, 0.4) is 0 Å². The number of hydrogen-bond acceptors (Lipinski definition) is 5. The van der Waals surface area contributed by atoms with Crippen LogP contribution >= 0.6 is 7.60 Å². The van der Waals surface area contributed by atoms with Gasteiger partial charge in [-0.1, -0.05) is 0 Å². The molecule has 2 unspecified atom stereocenters. The molecule has 94 valence electrons. The van der Waals surface area contributed by atoms with Gasteiger partial charge in [-0.2, -0.15) is 0 Å². The first kappa shape index (κ1) is 12.5. The molecule has 5 atom stereocenters. The van der Waals surface area contributed by atoms with Gasteiger partial charge in [0, 0.05) is 19.7 Å². The number of methoxy groups -OCH3 is 1. The van der Waals surface area contributed by atoms with Crippen LogP contribution < -0.4 is 4.89 Å². The van der Waals surface area contributed by atoms with E-state index in [0.29, 0.717) is 6.61 Å². The summed E-state index contributed by atoms with van der Waals surface area (Å²) in [6.45, 7) is 3.46. The number of ether oxygens (including phenoxy) is 2. The molecule has 1 aliphatic carbocycles. The van der Waals surface area contributed by atoms with Crippen molar-refractivity contribution in [3.05, 3.63) is 0 Å². The monoisotopic (exact) mass is 249 g/mol. The molecular formula is C10H18O5P-. The molecule has 1 saturated carbocycles. The van der Waals surface area contributed by atoms with Crippen molar-refractivity contribution in [2.24, 2.45) is 5.92 Å². The van der Waals surface area contributed by atoms with Gasteiger partial charge in [-0.25, -0.2) is 0 Å². The Kier molecular flexibility index (Phi) is 3.19. The summed E-state index contributed by atoms with van der Waals surface area (Å²) in [6, 6.07) is 0. The Balaban J connectivity index is 2.19. The molecule has 2 aliphatic rings. The highest BCUT2D eigenvalue weighted by molar-refractivity contribution is 7.50. The van der Waals surface area contributed by atoms with Crippen molar-refractivity contribution in [2.75, 3.05) is 20.4 Å². The average molecular weight is 249 g/mol. The van der Waals surface area contributed by atoms with Gasteiger partial charge in [0.15, 0.2) is 0 Å². The van der Waals surface area contributed by atoms with Crippen LogP contribution in [-0.4, -0.2) is 38.2 Å². The maximum Gasteiger partial charge on any atom is 0.132 e. The Labute approximate surface area is 95.6 Å². The molecule has 0 aromatic rings. The molecule has 1 heterocycles. The molecule has 0 radical (unpaired) electrons. The quantitative estimate of drug-likeness (QED) is 0.688. The zero-order chi connectivity index (χ0) is 12.0. The minimum Gasteiger partial charge on any atom is -0.779 e. The molecule has 1 saturated heterocycles. The lowest BCUT2D eigenvalue weighted by Gasteiger charge is -2.33. The van der Waals surface area contributed by atoms with Crippen molar-refractivity contribution in [1.82, 2.24) is 0 Å². The Morgan fingerprint density at radius 1 is 1.62 bits per heavy atom. The second-order valence-electron chi connectivity index (χ2n) is 4.82. The summed E-state index contributed by atoms with van der Waals surface area (Å²) < 4.78 is 27.5. The molecule has 1 aliphatic heterocycles. The molecule has 0 N–H and O–H groups in total. The average Bonchev–Trinajstić information content (AvgIpc) is 2.54. The van der Waals surface area contributed by atoms with Crippen LogP contribution in [0.2, 0.25) is 0 Å². The van der Waals surface area contributed by atoms with Crippen LogP contribution in [-0.2, 0) is 18.6 Å². The van der Waals surface area contributed by atoms with Crippen molar-refractivity contribution in [3.63, 3.8) is 0 Å². The fourth-order valence-electron chi connectivity index (χ4n) is 2.97. The van der Waals surface area contributed by atoms with E-state index < -0.39 is 13.2 Å². The fraction of sp³-hybridized carbons (Fsp3) is 1.00. The summed E-state index contributed by atoms with van der Waals surface area (Å²) in [5, 5.41) is 0. The van der Waals surface area contributed by atoms with E-state index in [1.54, 1.807) is 7.11 Å². The second kappa shape index (κ2) is 4.07. The Hall–Kier alpha value is 0.0700. The van der Waals surface area contributed by atoms with Crippen LogP contribution in [0.5, 0.6) is 0 Å². The lowest BCUT2D eigenvalue weighted by Crippen LogP contribution is -2.42. The molecule has 5 nitrogen and oxygen atoms in total. The number of fused-ring (bicyclic) bond motifs is 2. The topological polar surface area (TPSA) is 67.8 Å². The third-order valence-corrected chi connectivity index (χ3v) is 4.14. The van der Waals surface area contributed by atoms with E-state index in [0.717, 1.165) is 19.5 Å². The van der Waals surface area contributed by atoms with Gasteiger partial charge in [-0.05, 0) is 19.8 Å². The summed E-state index contributed by atoms with van der Waals surface area (Å²) in [5.41, 5.74) is -0.561. The molecule has 6 heteroatoms. The Bertz CT molecular complexity index is 314. The molecule has 2 fully saturated rings. The smallest absolute Gasteiger partial charge is 0.132 e. The van der Waals surface area contributed by atoms with Crippen molar-refractivity contribution in [1.29, 1.82) is 0 Å². The Morgan fingerprint density at radius 3 is 2.81 bits per heavy atom. The highest BCUT2D eigenvalue weighted by Crippen LogP contribution is 2.54. The third-order valence-electron chi connectivity index (χ3n) is 3.53. The zero-order valence-corrected chi connectivity index (χ0v) is 10.7. The Morgan fingerprint density at radius 2 is 2.31 bits per heavy atom. The van der Waals surface area contributed by atoms with Gasteiger partial charge in [-0.3, -0.25) is 0 Å². The lowest BCUT2D eigenvalue weighted by atomic mass is 9.99. The van der Waals surface area contributed by atoms with Crippen LogP contribution in [0.25, 0.3) is 0 Å². The van der Waals surface area contributed by atoms with Crippen LogP contribution in [0.4, 0.5) is 0 Å². The minimum atomic E-state index is -3.73. The summed E-state index contributed by atoms with van der Waals surface area (Å²) in [7, 11) is -2.14. The van der Waals surface area contributed by atoms with Gasteiger partial charge in [0.05, 0.1) is 12.7 Å². The van der Waals surface area contributed by atoms with Gasteiger partial charge in [-0.15, -0.1) is 0 Å². The van der Waals surface area contributed by atoms with Crippen molar-refractivity contribution in [3.8, 4) is 0 Å². The third kappa shape index (κ3) is 2.07. The first-order chi connectivity index (χ1) is 7.38. The van der Waals surface area contributed by atoms with Crippen molar-refractivity contribution in [2.45, 2.75) is 37.6 Å². The first-order valence-corrected chi connectivity index (χ1v) is 7.51. The predicted octanol–water partition coefficient (Wildman–Crippen LogP) is 0.769. The largest absolute Gasteiger partial charge is 0.779 e. The standard InChI is InChI=1S/C10H19O5P/c1-7-8-4-5-10(14-7,6-13-2)9(8)15-16(3,11)12/h7-9H,4-6H2,1-3H3,(H,11,12)/p-1/t7-,8+,9?,10+/m0/s1. The van der Waals surface area contributed by atoms with Crippen molar-refractivity contribution < 1.29 is 23.5 Å². The number of rotatable bonds is 4. The van der Waals surface area contributed by atoms with E-state index in [4.69, 9.17) is 14.0 Å². The molecule has 0 amide bonds. The highest BCUT2D eigenvalue weighted by Gasteiger charge is 2.59. The summed E-state index contributed by atoms with van der Waals surface area (Å²) in [5.74, 6) is 0.164. The van der Waals surface area contributed by atoms with Crippen LogP contribution in [0, 0.1) is 5.92 Å². The predicted molar refractivity (Wildman–Crippen MR) is 56.3 cm³/mol. The van der Waals surface area contributed by atoms with Crippen molar-refractivity contribution >= 4 is 7.60 Å². The van der Waals surface area contributed by atoms with Gasteiger partial charge < -0.3 is 23.5 Å². The second-order valence-corrected chi connectivity index (χ2v) is 6.57. The normalized spacial score (nSPS) is 45.9. The van der Waals surface area contributed by atoms with Gasteiger partial charge in [0.1, 0.15) is 19.3 Å². The molecule has 0 aromatic heterocycles. The van der Waals surface area contributed by atoms with Gasteiger partial charge >= 0.3 is 0 Å². The van der Waals surface area contributed by atoms with Gasteiger partial charge in [0.25, 0.3) is 0 Å². The molecule has 2 bridgehead atoms. The highest BCUT2D eigenvalue weighted by atomic mass is 31.2. The van der Waals surface area contributed by atoms with Crippen LogP contribution in [0.1, 0.15) is 19.8 Å². The molecular weight excluding hydrogens is 231 g/mol. The molecule has 0 aromatic carbocycles. The van der Waals surface area contributed by atoms with E-state index in [1.165, 1.54) is 0 Å². The van der Waals surface area contributed by atoms with E-state index in [-0.39, 0.29) is 18.1 Å². The van der Waals surface area contributed by atoms with E-state index in [9.17, 15) is 9.46 Å². The maximum absolute atomic E-state index is 11.3. The van der Waals surface area contributed by atoms with E-state index >= 15 is 0 Å². The van der Waals surface area contributed by atoms with Gasteiger partial charge in [0.2, 0.25) is 0 Å². The maximum atomic E-state index is 11.3. The summed E-state index contributed by atoms with van der Waals surface area (Å²) in [6.07, 6.45) is 1.41. The van der Waals surface area contributed by atoms with E-state index in [2.05, 4.69) is 0 Å². The molecule has 16 heavy (non-hydrogen) atoms. The number of hydrogen-bond donors (Lipinski definition) is 0. The minimum absolute atomic E-state index is 0.0421. The van der Waals surface area contributed by atoms with Crippen LogP contribution in [0.15, 0.2) is 0 Å². The summed E-state index contributed by atoms with van der Waals surface area (Å²) >= 11 is 0. The van der Waals surface area contributed by atoms with E-state index in [1.807, 2.05) is 6.92 Å². The zero-order valence-electron chi connectivity index (χ0n) is 9.84. The lowest BCUT2D eigenvalue weighted by molar-refractivity contribution is -0.207. The SMILES string of the molecule is COC[C@]12CC[C@@H](C1OP(C)(=O)[O-])[C@H](C)O2.